The van der Waals surface area contributed by atoms with Gasteiger partial charge < -0.3 is 9.47 Å². The smallest absolute Gasteiger partial charge is 0.194 e. The molecule has 2 aromatic heterocycles. The van der Waals surface area contributed by atoms with Gasteiger partial charge in [-0.1, -0.05) is 0 Å². The lowest BCUT2D eigenvalue weighted by Gasteiger charge is -2.05. The van der Waals surface area contributed by atoms with Gasteiger partial charge in [-0.3, -0.25) is 4.79 Å². The normalized spacial score (nSPS) is 15.1. The minimum Gasteiger partial charge on any atom is -0.345 e. The van der Waals surface area contributed by atoms with E-state index in [2.05, 4.69) is 31.9 Å². The molecule has 3 nitrogen and oxygen atoms in total. The number of thiophene rings is 2. The van der Waals surface area contributed by atoms with E-state index >= 15 is 0 Å². The van der Waals surface area contributed by atoms with Crippen molar-refractivity contribution in [2.45, 2.75) is 6.29 Å². The number of rotatable bonds is 2. The van der Waals surface area contributed by atoms with Crippen LogP contribution in [0.25, 0.3) is 0 Å². The molecule has 0 bridgehead atoms. The van der Waals surface area contributed by atoms with Crippen LogP contribution in [0.2, 0.25) is 0 Å². The summed E-state index contributed by atoms with van der Waals surface area (Å²) in [5, 5.41) is 3.89. The van der Waals surface area contributed by atoms with Gasteiger partial charge in [-0.25, -0.2) is 0 Å². The first-order valence-electron chi connectivity index (χ1n) is 5.36. The lowest BCUT2D eigenvalue weighted by atomic mass is 10.5. The van der Waals surface area contributed by atoms with E-state index in [-0.39, 0.29) is 6.29 Å². The summed E-state index contributed by atoms with van der Waals surface area (Å²) in [6.07, 6.45) is 0.707. The average molecular weight is 426 g/mol. The maximum Gasteiger partial charge on any atom is 0.194 e. The second-order valence-corrected chi connectivity index (χ2v) is 7.06. The summed E-state index contributed by atoms with van der Waals surface area (Å²) in [6, 6.07) is 3.86. The van der Waals surface area contributed by atoms with Gasteiger partial charge in [-0.15, -0.1) is 22.7 Å². The van der Waals surface area contributed by atoms with Gasteiger partial charge in [0.2, 0.25) is 0 Å². The van der Waals surface area contributed by atoms with Gasteiger partial charge in [0.1, 0.15) is 0 Å². The van der Waals surface area contributed by atoms with E-state index in [1.165, 1.54) is 11.3 Å². The van der Waals surface area contributed by atoms with Gasteiger partial charge in [0, 0.05) is 8.95 Å². The van der Waals surface area contributed by atoms with Crippen LogP contribution in [0.4, 0.5) is 0 Å². The van der Waals surface area contributed by atoms with Gasteiger partial charge >= 0.3 is 0 Å². The molecule has 0 N–H and O–H groups in total. The van der Waals surface area contributed by atoms with Crippen LogP contribution in [0, 0.1) is 0 Å². The number of halogens is 2. The highest BCUT2D eigenvalue weighted by Crippen LogP contribution is 2.33. The second kappa shape index (κ2) is 7.66. The van der Waals surface area contributed by atoms with E-state index in [1.807, 2.05) is 22.9 Å². The van der Waals surface area contributed by atoms with Crippen LogP contribution < -0.4 is 0 Å². The Hall–Kier alpha value is -0.0500. The van der Waals surface area contributed by atoms with E-state index in [0.717, 1.165) is 25.0 Å². The first kappa shape index (κ1) is 15.3. The van der Waals surface area contributed by atoms with Crippen molar-refractivity contribution in [3.8, 4) is 0 Å². The molecule has 0 aliphatic carbocycles. The van der Waals surface area contributed by atoms with E-state index < -0.39 is 0 Å². The summed E-state index contributed by atoms with van der Waals surface area (Å²) in [5.74, 6) is 0. The molecule has 7 heteroatoms. The number of hydrogen-bond donors (Lipinski definition) is 0. The minimum absolute atomic E-state index is 0.135. The van der Waals surface area contributed by atoms with Gasteiger partial charge in [0.15, 0.2) is 12.6 Å². The van der Waals surface area contributed by atoms with E-state index in [4.69, 9.17) is 9.47 Å². The number of carbonyl (C=O) groups excluding carboxylic acids is 1. The Bertz CT molecular complexity index is 533. The summed E-state index contributed by atoms with van der Waals surface area (Å²) in [6.45, 7) is 1.41. The predicted molar refractivity (Wildman–Crippen MR) is 84.1 cm³/mol. The number of ether oxygens (including phenoxy) is 2. The molecule has 0 saturated carbocycles. The Morgan fingerprint density at radius 2 is 1.74 bits per heavy atom. The second-order valence-electron chi connectivity index (χ2n) is 3.46. The molecule has 2 aromatic rings. The molecule has 1 saturated heterocycles. The quantitative estimate of drug-likeness (QED) is 0.643. The standard InChI is InChI=1S/C7H7BrO2S.C5H3BrOS/c8-5-1-4-11-6(5)7-9-2-3-10-7;6-4-1-2-8-5(4)3-7/h1,4,7H,2-3H2;1-3H. The molecular formula is C12H10Br2O3S2. The van der Waals surface area contributed by atoms with E-state index in [9.17, 15) is 4.79 Å². The molecule has 0 aromatic carbocycles. The summed E-state index contributed by atoms with van der Waals surface area (Å²) in [5.41, 5.74) is 0. The van der Waals surface area contributed by atoms with Gasteiger partial charge in [-0.2, -0.15) is 0 Å². The Morgan fingerprint density at radius 3 is 2.16 bits per heavy atom. The van der Waals surface area contributed by atoms with Crippen LogP contribution in [-0.4, -0.2) is 19.5 Å². The molecule has 3 heterocycles. The Morgan fingerprint density at radius 1 is 1.11 bits per heavy atom. The highest BCUT2D eigenvalue weighted by molar-refractivity contribution is 9.10. The third-order valence-corrected chi connectivity index (χ3v) is 5.92. The molecular weight excluding hydrogens is 416 g/mol. The van der Waals surface area contributed by atoms with Crippen LogP contribution in [-0.2, 0) is 9.47 Å². The van der Waals surface area contributed by atoms with Crippen molar-refractivity contribution in [3.63, 3.8) is 0 Å². The van der Waals surface area contributed by atoms with Crippen LogP contribution in [0.3, 0.4) is 0 Å². The SMILES string of the molecule is Brc1ccsc1C1OCCO1.O=Cc1sccc1Br. The third-order valence-electron chi connectivity index (χ3n) is 2.23. The van der Waals surface area contributed by atoms with Crippen LogP contribution >= 0.6 is 54.5 Å². The summed E-state index contributed by atoms with van der Waals surface area (Å²) >= 11 is 9.72. The third kappa shape index (κ3) is 4.21. The van der Waals surface area contributed by atoms with E-state index in [0.29, 0.717) is 13.2 Å². The molecule has 1 aliphatic rings. The zero-order chi connectivity index (χ0) is 13.7. The average Bonchev–Trinajstić information content (AvgIpc) is 3.10. The zero-order valence-corrected chi connectivity index (χ0v) is 14.5. The molecule has 0 atom stereocenters. The minimum atomic E-state index is -0.135. The van der Waals surface area contributed by atoms with Crippen molar-refractivity contribution in [3.05, 3.63) is 41.6 Å². The summed E-state index contributed by atoms with van der Waals surface area (Å²) < 4.78 is 12.6. The van der Waals surface area contributed by atoms with Crippen molar-refractivity contribution >= 4 is 60.8 Å². The zero-order valence-electron chi connectivity index (χ0n) is 9.68. The highest BCUT2D eigenvalue weighted by Gasteiger charge is 2.21. The Balaban J connectivity index is 0.000000148. The first-order chi connectivity index (χ1) is 9.22. The molecule has 0 radical (unpaired) electrons. The van der Waals surface area contributed by atoms with Crippen molar-refractivity contribution in [1.82, 2.24) is 0 Å². The largest absolute Gasteiger partial charge is 0.345 e. The topological polar surface area (TPSA) is 35.5 Å². The Kier molecular flexibility index (Phi) is 6.18. The van der Waals surface area contributed by atoms with Gasteiger partial charge in [0.05, 0.1) is 23.0 Å². The van der Waals surface area contributed by atoms with Crippen LogP contribution in [0.15, 0.2) is 31.8 Å². The van der Waals surface area contributed by atoms with E-state index in [1.54, 1.807) is 11.3 Å². The molecule has 0 spiro atoms. The van der Waals surface area contributed by atoms with Gasteiger partial charge in [0.25, 0.3) is 0 Å². The van der Waals surface area contributed by atoms with Crippen molar-refractivity contribution in [2.75, 3.05) is 13.2 Å². The number of carbonyl (C=O) groups is 1. The first-order valence-corrected chi connectivity index (χ1v) is 8.71. The molecule has 102 valence electrons. The molecule has 3 rings (SSSR count). The fourth-order valence-electron chi connectivity index (χ4n) is 1.37. The predicted octanol–water partition coefficient (Wildman–Crippen LogP) is 4.88. The van der Waals surface area contributed by atoms with Crippen LogP contribution in [0.1, 0.15) is 20.8 Å². The summed E-state index contributed by atoms with van der Waals surface area (Å²) in [7, 11) is 0. The van der Waals surface area contributed by atoms with Gasteiger partial charge in [-0.05, 0) is 54.8 Å². The number of aldehydes is 1. The van der Waals surface area contributed by atoms with Crippen molar-refractivity contribution in [1.29, 1.82) is 0 Å². The molecule has 1 aliphatic heterocycles. The highest BCUT2D eigenvalue weighted by atomic mass is 79.9. The van der Waals surface area contributed by atoms with Crippen LogP contribution in [0.5, 0.6) is 0 Å². The molecule has 0 unspecified atom stereocenters. The fraction of sp³-hybridized carbons (Fsp3) is 0.250. The molecule has 1 fully saturated rings. The Labute approximate surface area is 135 Å². The maximum atomic E-state index is 10.1. The molecule has 19 heavy (non-hydrogen) atoms. The lowest BCUT2D eigenvalue weighted by Crippen LogP contribution is -1.94. The van der Waals surface area contributed by atoms with Crippen molar-refractivity contribution in [2.24, 2.45) is 0 Å². The van der Waals surface area contributed by atoms with Crippen molar-refractivity contribution < 1.29 is 14.3 Å². The monoisotopic (exact) mass is 424 g/mol. The molecule has 0 amide bonds. The fourth-order valence-corrected chi connectivity index (χ4v) is 4.19. The summed E-state index contributed by atoms with van der Waals surface area (Å²) in [4.78, 5) is 12.0. The number of hydrogen-bond acceptors (Lipinski definition) is 5. The lowest BCUT2D eigenvalue weighted by molar-refractivity contribution is -0.0418. The maximum absolute atomic E-state index is 10.1.